The van der Waals surface area contributed by atoms with E-state index in [0.29, 0.717) is 10.4 Å². The fourth-order valence-corrected chi connectivity index (χ4v) is 4.74. The Morgan fingerprint density at radius 3 is 2.72 bits per heavy atom. The number of thioether (sulfide) groups is 1. The number of carbonyl (C=O) groups excluding carboxylic acids is 1. The first kappa shape index (κ1) is 18.2. The third kappa shape index (κ3) is 4.95. The molecule has 0 radical (unpaired) electrons. The van der Waals surface area contributed by atoms with Gasteiger partial charge >= 0.3 is 0 Å². The van der Waals surface area contributed by atoms with E-state index >= 15 is 0 Å². The molecule has 0 spiro atoms. The molecule has 0 saturated carbocycles. The van der Waals surface area contributed by atoms with Gasteiger partial charge in [-0.3, -0.25) is 10.1 Å². The molecule has 0 fully saturated rings. The number of carbonyl (C=O) groups is 1. The summed E-state index contributed by atoms with van der Waals surface area (Å²) in [6, 6.07) is 6.14. The molecule has 7 heteroatoms. The number of rotatable bonds is 6. The van der Waals surface area contributed by atoms with Crippen molar-refractivity contribution in [2.24, 2.45) is 0 Å². The molecule has 1 amide bonds. The zero-order valence-corrected chi connectivity index (χ0v) is 16.4. The highest BCUT2D eigenvalue weighted by Crippen LogP contribution is 2.29. The number of hydrogen-bond acceptors (Lipinski definition) is 6. The van der Waals surface area contributed by atoms with E-state index in [9.17, 15) is 4.79 Å². The van der Waals surface area contributed by atoms with Gasteiger partial charge in [0.15, 0.2) is 10.4 Å². The molecule has 2 aromatic rings. The van der Waals surface area contributed by atoms with E-state index in [1.54, 1.807) is 18.7 Å². The SMILES string of the molecule is CC(C)Sc1nnc(NC(=O)[C@H](C)Oc2ccc3c(c2)CCCC3)s1. The van der Waals surface area contributed by atoms with Crippen molar-refractivity contribution in [3.8, 4) is 5.75 Å². The number of nitrogens with one attached hydrogen (secondary N) is 1. The van der Waals surface area contributed by atoms with Gasteiger partial charge in [-0.1, -0.05) is 43.0 Å². The van der Waals surface area contributed by atoms with Gasteiger partial charge in [-0.25, -0.2) is 0 Å². The lowest BCUT2D eigenvalue weighted by molar-refractivity contribution is -0.122. The molecule has 0 aliphatic heterocycles. The number of aromatic nitrogens is 2. The maximum Gasteiger partial charge on any atom is 0.266 e. The van der Waals surface area contributed by atoms with Gasteiger partial charge in [-0.05, 0) is 55.9 Å². The number of fused-ring (bicyclic) bond motifs is 1. The number of nitrogens with zero attached hydrogens (tertiary/aromatic N) is 2. The average Bonchev–Trinajstić information content (AvgIpc) is 3.00. The van der Waals surface area contributed by atoms with Crippen molar-refractivity contribution < 1.29 is 9.53 Å². The summed E-state index contributed by atoms with van der Waals surface area (Å²) < 4.78 is 6.68. The average molecular weight is 378 g/mol. The van der Waals surface area contributed by atoms with Crippen LogP contribution in [0.5, 0.6) is 5.75 Å². The molecular formula is C18H23N3O2S2. The Hall–Kier alpha value is -1.60. The molecule has 1 aromatic heterocycles. The Bertz CT molecular complexity index is 746. The molecule has 1 aliphatic rings. The zero-order chi connectivity index (χ0) is 17.8. The van der Waals surface area contributed by atoms with Crippen LogP contribution in [0, 0.1) is 0 Å². The molecule has 0 bridgehead atoms. The van der Waals surface area contributed by atoms with Crippen LogP contribution in [-0.2, 0) is 17.6 Å². The van der Waals surface area contributed by atoms with Crippen LogP contribution in [0.3, 0.4) is 0 Å². The fraction of sp³-hybridized carbons (Fsp3) is 0.500. The lowest BCUT2D eigenvalue weighted by atomic mass is 9.92. The Kier molecular flexibility index (Phi) is 5.96. The fourth-order valence-electron chi connectivity index (χ4n) is 2.76. The molecule has 3 rings (SSSR count). The summed E-state index contributed by atoms with van der Waals surface area (Å²) in [4.78, 5) is 12.3. The lowest BCUT2D eigenvalue weighted by Gasteiger charge is -2.18. The van der Waals surface area contributed by atoms with Gasteiger partial charge in [0.1, 0.15) is 5.75 Å². The molecule has 0 unspecified atom stereocenters. The molecular weight excluding hydrogens is 354 g/mol. The topological polar surface area (TPSA) is 64.1 Å². The minimum absolute atomic E-state index is 0.213. The van der Waals surface area contributed by atoms with Crippen LogP contribution in [0.2, 0.25) is 0 Å². The third-order valence-corrected chi connectivity index (χ3v) is 5.90. The van der Waals surface area contributed by atoms with Crippen molar-refractivity contribution in [2.45, 2.75) is 62.1 Å². The number of ether oxygens (including phenoxy) is 1. The second-order valence-electron chi connectivity index (χ2n) is 6.43. The third-order valence-electron chi connectivity index (χ3n) is 3.98. The number of benzene rings is 1. The first-order valence-corrected chi connectivity index (χ1v) is 10.3. The van der Waals surface area contributed by atoms with Crippen LogP contribution < -0.4 is 10.1 Å². The Labute approximate surface area is 156 Å². The molecule has 5 nitrogen and oxygen atoms in total. The molecule has 134 valence electrons. The maximum absolute atomic E-state index is 12.3. The van der Waals surface area contributed by atoms with Crippen LogP contribution >= 0.6 is 23.1 Å². The minimum Gasteiger partial charge on any atom is -0.481 e. The zero-order valence-electron chi connectivity index (χ0n) is 14.7. The van der Waals surface area contributed by atoms with Crippen molar-refractivity contribution in [3.63, 3.8) is 0 Å². The predicted octanol–water partition coefficient (Wildman–Crippen LogP) is 4.32. The number of hydrogen-bond donors (Lipinski definition) is 1. The van der Waals surface area contributed by atoms with Crippen molar-refractivity contribution in [2.75, 3.05) is 5.32 Å². The van der Waals surface area contributed by atoms with E-state index in [2.05, 4.69) is 41.5 Å². The highest BCUT2D eigenvalue weighted by molar-refractivity contribution is 8.01. The Morgan fingerprint density at radius 2 is 1.96 bits per heavy atom. The quantitative estimate of drug-likeness (QED) is 0.600. The standard InChI is InChI=1S/C18H23N3O2S2/c1-11(2)24-18-21-20-17(25-18)19-16(22)12(3)23-15-9-8-13-6-4-5-7-14(13)10-15/h8-12H,4-7H2,1-3H3,(H,19,20,22)/t12-/m0/s1. The largest absolute Gasteiger partial charge is 0.481 e. The molecule has 1 atom stereocenters. The maximum atomic E-state index is 12.3. The summed E-state index contributed by atoms with van der Waals surface area (Å²) >= 11 is 3.02. The van der Waals surface area contributed by atoms with E-state index < -0.39 is 6.10 Å². The Balaban J connectivity index is 1.58. The van der Waals surface area contributed by atoms with Gasteiger partial charge in [0, 0.05) is 5.25 Å². The minimum atomic E-state index is -0.591. The molecule has 1 aliphatic carbocycles. The van der Waals surface area contributed by atoms with Crippen molar-refractivity contribution in [1.82, 2.24) is 10.2 Å². The lowest BCUT2D eigenvalue weighted by Crippen LogP contribution is -2.30. The van der Waals surface area contributed by atoms with Gasteiger partial charge in [0.05, 0.1) is 0 Å². The summed E-state index contributed by atoms with van der Waals surface area (Å²) in [6.45, 7) is 5.94. The summed E-state index contributed by atoms with van der Waals surface area (Å²) in [6.07, 6.45) is 4.12. The second kappa shape index (κ2) is 8.19. The number of aryl methyl sites for hydroxylation is 2. The van der Waals surface area contributed by atoms with E-state index in [4.69, 9.17) is 4.74 Å². The van der Waals surface area contributed by atoms with Crippen LogP contribution in [-0.4, -0.2) is 27.5 Å². The summed E-state index contributed by atoms with van der Waals surface area (Å²) in [7, 11) is 0. The van der Waals surface area contributed by atoms with Crippen molar-refractivity contribution in [1.29, 1.82) is 0 Å². The van der Waals surface area contributed by atoms with Gasteiger partial charge < -0.3 is 4.74 Å². The molecule has 1 aromatic carbocycles. The van der Waals surface area contributed by atoms with Gasteiger partial charge in [-0.2, -0.15) is 0 Å². The molecule has 0 saturated heterocycles. The number of anilines is 1. The predicted molar refractivity (Wildman–Crippen MR) is 103 cm³/mol. The van der Waals surface area contributed by atoms with E-state index in [0.717, 1.165) is 22.9 Å². The van der Waals surface area contributed by atoms with Crippen LogP contribution in [0.4, 0.5) is 5.13 Å². The second-order valence-corrected chi connectivity index (χ2v) is 9.23. The summed E-state index contributed by atoms with van der Waals surface area (Å²) in [5.41, 5.74) is 2.75. The molecule has 1 heterocycles. The smallest absolute Gasteiger partial charge is 0.266 e. The first-order valence-electron chi connectivity index (χ1n) is 8.61. The highest BCUT2D eigenvalue weighted by Gasteiger charge is 2.18. The van der Waals surface area contributed by atoms with Crippen LogP contribution in [0.1, 0.15) is 44.7 Å². The first-order chi connectivity index (χ1) is 12.0. The van der Waals surface area contributed by atoms with E-state index in [1.807, 2.05) is 6.07 Å². The number of amides is 1. The Morgan fingerprint density at radius 1 is 1.20 bits per heavy atom. The van der Waals surface area contributed by atoms with Crippen molar-refractivity contribution >= 4 is 34.1 Å². The van der Waals surface area contributed by atoms with Crippen LogP contribution in [0.25, 0.3) is 0 Å². The van der Waals surface area contributed by atoms with Crippen molar-refractivity contribution in [3.05, 3.63) is 29.3 Å². The van der Waals surface area contributed by atoms with Gasteiger partial charge in [0.25, 0.3) is 5.91 Å². The summed E-state index contributed by atoms with van der Waals surface area (Å²) in [5, 5.41) is 11.8. The normalized spacial score (nSPS) is 14.9. The van der Waals surface area contributed by atoms with Gasteiger partial charge in [-0.15, -0.1) is 10.2 Å². The van der Waals surface area contributed by atoms with E-state index in [-0.39, 0.29) is 5.91 Å². The van der Waals surface area contributed by atoms with E-state index in [1.165, 1.54) is 35.3 Å². The summed E-state index contributed by atoms with van der Waals surface area (Å²) in [5.74, 6) is 0.534. The van der Waals surface area contributed by atoms with Crippen LogP contribution in [0.15, 0.2) is 22.5 Å². The molecule has 1 N–H and O–H groups in total. The monoisotopic (exact) mass is 377 g/mol. The van der Waals surface area contributed by atoms with Gasteiger partial charge in [0.2, 0.25) is 5.13 Å². The highest BCUT2D eigenvalue weighted by atomic mass is 32.2. The molecule has 25 heavy (non-hydrogen) atoms.